The summed E-state index contributed by atoms with van der Waals surface area (Å²) in [5.41, 5.74) is 1.51. The van der Waals surface area contributed by atoms with Crippen LogP contribution in [0.4, 0.5) is 4.79 Å². The fourth-order valence-corrected chi connectivity index (χ4v) is 4.74. The van der Waals surface area contributed by atoms with Gasteiger partial charge in [0.05, 0.1) is 6.61 Å². The molecule has 4 atom stereocenters. The first-order valence-corrected chi connectivity index (χ1v) is 12.6. The molecule has 11 nitrogen and oxygen atoms in total. The van der Waals surface area contributed by atoms with Crippen molar-refractivity contribution >= 4 is 29.7 Å². The number of carbonyl (C=O) groups excluding carboxylic acids is 5. The number of aliphatic hydroxyl groups excluding tert-OH is 1. The Kier molecular flexibility index (Phi) is 8.70. The summed E-state index contributed by atoms with van der Waals surface area (Å²) in [7, 11) is 0. The third-order valence-electron chi connectivity index (χ3n) is 6.69. The summed E-state index contributed by atoms with van der Waals surface area (Å²) < 4.78 is 0. The van der Waals surface area contributed by atoms with Crippen molar-refractivity contribution in [1.82, 2.24) is 26.2 Å². The van der Waals surface area contributed by atoms with Gasteiger partial charge >= 0.3 is 6.03 Å². The summed E-state index contributed by atoms with van der Waals surface area (Å²) >= 11 is 0. The van der Waals surface area contributed by atoms with Crippen molar-refractivity contribution in [2.75, 3.05) is 13.2 Å². The highest BCUT2D eigenvalue weighted by molar-refractivity contribution is 6.02. The van der Waals surface area contributed by atoms with Gasteiger partial charge in [0, 0.05) is 19.4 Å². The van der Waals surface area contributed by atoms with Crippen molar-refractivity contribution in [3.8, 4) is 0 Å². The molecule has 11 heteroatoms. The summed E-state index contributed by atoms with van der Waals surface area (Å²) in [5.74, 6) is -2.65. The zero-order chi connectivity index (χ0) is 27.1. The molecule has 4 rings (SSSR count). The zero-order valence-corrected chi connectivity index (χ0v) is 20.8. The van der Waals surface area contributed by atoms with Crippen LogP contribution in [0.15, 0.2) is 60.7 Å². The molecular formula is C27H31N5O6. The second kappa shape index (κ2) is 12.3. The van der Waals surface area contributed by atoms with E-state index < -0.39 is 60.4 Å². The largest absolute Gasteiger partial charge is 0.394 e. The van der Waals surface area contributed by atoms with Crippen molar-refractivity contribution in [3.05, 3.63) is 71.8 Å². The molecule has 0 saturated carbocycles. The van der Waals surface area contributed by atoms with Crippen molar-refractivity contribution < 1.29 is 29.1 Å². The Balaban J connectivity index is 1.64. The van der Waals surface area contributed by atoms with E-state index in [2.05, 4.69) is 21.3 Å². The molecule has 200 valence electrons. The first-order chi connectivity index (χ1) is 18.4. The van der Waals surface area contributed by atoms with Gasteiger partial charge < -0.3 is 26.0 Å². The van der Waals surface area contributed by atoms with Gasteiger partial charge in [-0.2, -0.15) is 0 Å². The first kappa shape index (κ1) is 26.8. The fourth-order valence-electron chi connectivity index (χ4n) is 4.74. The zero-order valence-electron chi connectivity index (χ0n) is 20.8. The Morgan fingerprint density at radius 3 is 1.89 bits per heavy atom. The maximum Gasteiger partial charge on any atom is 0.322 e. The highest BCUT2D eigenvalue weighted by atomic mass is 16.3. The average molecular weight is 522 g/mol. The van der Waals surface area contributed by atoms with E-state index in [9.17, 15) is 29.1 Å². The number of benzene rings is 2. The van der Waals surface area contributed by atoms with Gasteiger partial charge in [-0.25, -0.2) is 4.79 Å². The summed E-state index contributed by atoms with van der Waals surface area (Å²) in [4.78, 5) is 67.1. The number of fused-ring (bicyclic) bond motifs is 1. The molecule has 2 aromatic carbocycles. The Bertz CT molecular complexity index is 1170. The van der Waals surface area contributed by atoms with Crippen molar-refractivity contribution in [2.24, 2.45) is 0 Å². The molecule has 2 aliphatic rings. The number of urea groups is 1. The van der Waals surface area contributed by atoms with Gasteiger partial charge in [-0.15, -0.1) is 0 Å². The molecule has 0 spiro atoms. The number of nitrogens with one attached hydrogen (secondary N) is 4. The van der Waals surface area contributed by atoms with Crippen LogP contribution in [0, 0.1) is 0 Å². The highest BCUT2D eigenvalue weighted by Crippen LogP contribution is 2.20. The second-order valence-electron chi connectivity index (χ2n) is 9.39. The summed E-state index contributed by atoms with van der Waals surface area (Å²) in [6.07, 6.45) is 1.13. The third kappa shape index (κ3) is 6.54. The van der Waals surface area contributed by atoms with Gasteiger partial charge in [0.1, 0.15) is 24.2 Å². The Morgan fingerprint density at radius 2 is 1.29 bits per heavy atom. The van der Waals surface area contributed by atoms with Crippen LogP contribution in [-0.2, 0) is 32.0 Å². The minimum atomic E-state index is -1.34. The molecule has 0 unspecified atom stereocenters. The van der Waals surface area contributed by atoms with Crippen LogP contribution < -0.4 is 21.3 Å². The predicted octanol–water partition coefficient (Wildman–Crippen LogP) is -0.367. The smallest absolute Gasteiger partial charge is 0.322 e. The molecular weight excluding hydrogens is 490 g/mol. The quantitative estimate of drug-likeness (QED) is 0.362. The van der Waals surface area contributed by atoms with Gasteiger partial charge in [0.2, 0.25) is 17.7 Å². The summed E-state index contributed by atoms with van der Waals surface area (Å²) in [6.45, 7) is -0.422. The number of aliphatic hydroxyl groups is 1. The van der Waals surface area contributed by atoms with Gasteiger partial charge in [0.25, 0.3) is 5.91 Å². The van der Waals surface area contributed by atoms with Gasteiger partial charge in [-0.1, -0.05) is 60.7 Å². The molecule has 38 heavy (non-hydrogen) atoms. The van der Waals surface area contributed by atoms with Gasteiger partial charge in [-0.3, -0.25) is 24.5 Å². The summed E-state index contributed by atoms with van der Waals surface area (Å²) in [6, 6.07) is 12.6. The van der Waals surface area contributed by atoms with E-state index in [1.54, 1.807) is 30.3 Å². The Hall–Kier alpha value is -4.25. The highest BCUT2D eigenvalue weighted by Gasteiger charge is 2.39. The van der Waals surface area contributed by atoms with Crippen molar-refractivity contribution in [3.63, 3.8) is 0 Å². The predicted molar refractivity (Wildman–Crippen MR) is 136 cm³/mol. The lowest BCUT2D eigenvalue weighted by atomic mass is 10.0. The molecule has 0 radical (unpaired) electrons. The van der Waals surface area contributed by atoms with Crippen LogP contribution in [-0.4, -0.2) is 77.0 Å². The molecule has 2 fully saturated rings. The number of carbonyl (C=O) groups is 5. The SMILES string of the molecule is O=C1NC(=O)[C@H](Cc2ccccc2)NC(=O)[C@H](CO)NC(=O)[C@@H]2CCCN2C(=O)[C@H](Cc2ccccc2)N1. The van der Waals surface area contributed by atoms with E-state index in [0.29, 0.717) is 19.4 Å². The Morgan fingerprint density at radius 1 is 0.711 bits per heavy atom. The lowest BCUT2D eigenvalue weighted by Gasteiger charge is -2.30. The molecule has 5 N–H and O–H groups in total. The van der Waals surface area contributed by atoms with Crippen LogP contribution in [0.1, 0.15) is 24.0 Å². The maximum atomic E-state index is 13.6. The van der Waals surface area contributed by atoms with Crippen LogP contribution >= 0.6 is 0 Å². The standard InChI is InChI=1S/C27H31N5O6/c33-16-21-24(35)28-19(14-17-8-3-1-4-9-17)23(34)31-27(38)30-20(15-18-10-5-2-6-11-18)26(37)32-13-7-12-22(32)25(36)29-21/h1-6,8-11,19-22,33H,7,12-16H2,(H,28,35)(H,29,36)(H2,30,31,34,38)/t19-,20-,21-,22-/m0/s1. The molecule has 2 saturated heterocycles. The number of hydrogen-bond acceptors (Lipinski definition) is 6. The molecule has 0 aliphatic carbocycles. The maximum absolute atomic E-state index is 13.6. The minimum absolute atomic E-state index is 0.0561. The molecule has 6 amide bonds. The van der Waals surface area contributed by atoms with Crippen molar-refractivity contribution in [2.45, 2.75) is 49.9 Å². The topological polar surface area (TPSA) is 157 Å². The fraction of sp³-hybridized carbons (Fsp3) is 0.370. The molecule has 2 aromatic rings. The van der Waals surface area contributed by atoms with Crippen LogP contribution in [0.2, 0.25) is 0 Å². The van der Waals surface area contributed by atoms with E-state index in [0.717, 1.165) is 11.1 Å². The number of amides is 6. The van der Waals surface area contributed by atoms with Gasteiger partial charge in [-0.05, 0) is 24.0 Å². The molecule has 2 aliphatic heterocycles. The monoisotopic (exact) mass is 521 g/mol. The lowest BCUT2D eigenvalue weighted by Crippen LogP contribution is -2.62. The third-order valence-corrected chi connectivity index (χ3v) is 6.69. The van der Waals surface area contributed by atoms with E-state index in [-0.39, 0.29) is 12.8 Å². The summed E-state index contributed by atoms with van der Waals surface area (Å²) in [5, 5.41) is 19.7. The number of imide groups is 1. The number of rotatable bonds is 5. The molecule has 0 bridgehead atoms. The number of hydrogen-bond donors (Lipinski definition) is 5. The molecule has 2 heterocycles. The van der Waals surface area contributed by atoms with Crippen molar-refractivity contribution in [1.29, 1.82) is 0 Å². The van der Waals surface area contributed by atoms with E-state index in [4.69, 9.17) is 0 Å². The molecule has 0 aromatic heterocycles. The minimum Gasteiger partial charge on any atom is -0.394 e. The number of nitrogens with zero attached hydrogens (tertiary/aromatic N) is 1. The normalized spacial score (nSPS) is 25.0. The second-order valence-corrected chi connectivity index (χ2v) is 9.39. The van der Waals surface area contributed by atoms with Crippen LogP contribution in [0.3, 0.4) is 0 Å². The Labute approximate surface area is 220 Å². The lowest BCUT2D eigenvalue weighted by molar-refractivity contribution is -0.141. The van der Waals surface area contributed by atoms with E-state index in [1.165, 1.54) is 4.90 Å². The average Bonchev–Trinajstić information content (AvgIpc) is 3.41. The van der Waals surface area contributed by atoms with Crippen LogP contribution in [0.5, 0.6) is 0 Å². The van der Waals surface area contributed by atoms with E-state index >= 15 is 0 Å². The van der Waals surface area contributed by atoms with E-state index in [1.807, 2.05) is 30.3 Å². The van der Waals surface area contributed by atoms with Crippen LogP contribution in [0.25, 0.3) is 0 Å². The van der Waals surface area contributed by atoms with Gasteiger partial charge in [0.15, 0.2) is 0 Å². The first-order valence-electron chi connectivity index (χ1n) is 12.6.